The molecule has 0 spiro atoms. The van der Waals surface area contributed by atoms with Gasteiger partial charge in [-0.15, -0.1) is 0 Å². The standard InChI is InChI=1S/C22H28ClFN2O3/c1-13(2)25-21(27)15-9-5-6-10-16(15)22(28)26-19-12-20(17(23)11-18(19)24)29-14-7-3-4-8-14/h11-14H,3-10H2,1-2H3,(H,25,27)(H,26,28). The molecule has 1 aromatic rings. The van der Waals surface area contributed by atoms with E-state index in [1.165, 1.54) is 6.07 Å². The monoisotopic (exact) mass is 422 g/mol. The molecule has 1 fully saturated rings. The molecule has 2 N–H and O–H groups in total. The predicted molar refractivity (Wildman–Crippen MR) is 112 cm³/mol. The SMILES string of the molecule is CC(C)NC(=O)C1=C(C(=O)Nc2cc(OC3CCCC3)c(Cl)cc2F)CCCC1. The number of nitrogens with one attached hydrogen (secondary N) is 2. The number of halogens is 2. The van der Waals surface area contributed by atoms with Crippen molar-refractivity contribution in [2.45, 2.75) is 77.4 Å². The Morgan fingerprint density at radius 1 is 1.07 bits per heavy atom. The maximum Gasteiger partial charge on any atom is 0.252 e. The van der Waals surface area contributed by atoms with E-state index in [-0.39, 0.29) is 28.8 Å². The molecule has 5 nitrogen and oxygen atoms in total. The van der Waals surface area contributed by atoms with Gasteiger partial charge in [-0.05, 0) is 71.3 Å². The zero-order valence-corrected chi connectivity index (χ0v) is 17.7. The average Bonchev–Trinajstić information content (AvgIpc) is 3.18. The molecule has 0 bridgehead atoms. The largest absolute Gasteiger partial charge is 0.489 e. The van der Waals surface area contributed by atoms with E-state index < -0.39 is 11.7 Å². The molecule has 2 amide bonds. The minimum absolute atomic E-state index is 0.00841. The summed E-state index contributed by atoms with van der Waals surface area (Å²) in [5, 5.41) is 5.64. The second-order valence-electron chi connectivity index (χ2n) is 8.03. The van der Waals surface area contributed by atoms with Gasteiger partial charge in [0, 0.05) is 23.3 Å². The lowest BCUT2D eigenvalue weighted by Crippen LogP contribution is -2.34. The Hall–Kier alpha value is -2.08. The quantitative estimate of drug-likeness (QED) is 0.667. The molecule has 0 aliphatic heterocycles. The van der Waals surface area contributed by atoms with Crippen molar-refractivity contribution in [3.8, 4) is 5.75 Å². The molecule has 29 heavy (non-hydrogen) atoms. The maximum absolute atomic E-state index is 14.4. The van der Waals surface area contributed by atoms with E-state index >= 15 is 0 Å². The number of benzene rings is 1. The first-order valence-electron chi connectivity index (χ1n) is 10.3. The van der Waals surface area contributed by atoms with Crippen molar-refractivity contribution in [1.82, 2.24) is 5.32 Å². The van der Waals surface area contributed by atoms with E-state index in [9.17, 15) is 14.0 Å². The predicted octanol–water partition coefficient (Wildman–Crippen LogP) is 5.13. The lowest BCUT2D eigenvalue weighted by Gasteiger charge is -2.21. The lowest BCUT2D eigenvalue weighted by atomic mass is 9.90. The molecule has 7 heteroatoms. The van der Waals surface area contributed by atoms with Crippen molar-refractivity contribution in [2.24, 2.45) is 0 Å². The van der Waals surface area contributed by atoms with Crippen molar-refractivity contribution in [2.75, 3.05) is 5.32 Å². The highest BCUT2D eigenvalue weighted by Gasteiger charge is 2.25. The van der Waals surface area contributed by atoms with Crippen LogP contribution in [-0.4, -0.2) is 24.0 Å². The second-order valence-corrected chi connectivity index (χ2v) is 8.44. The summed E-state index contributed by atoms with van der Waals surface area (Å²) < 4.78 is 20.4. The van der Waals surface area contributed by atoms with E-state index in [1.807, 2.05) is 13.8 Å². The van der Waals surface area contributed by atoms with Gasteiger partial charge in [0.05, 0.1) is 16.8 Å². The number of amides is 2. The van der Waals surface area contributed by atoms with Crippen LogP contribution in [-0.2, 0) is 9.59 Å². The van der Waals surface area contributed by atoms with Crippen molar-refractivity contribution in [3.05, 3.63) is 34.1 Å². The molecular formula is C22H28ClFN2O3. The van der Waals surface area contributed by atoms with E-state index in [2.05, 4.69) is 10.6 Å². The van der Waals surface area contributed by atoms with Gasteiger partial charge in [-0.1, -0.05) is 11.6 Å². The molecule has 1 saturated carbocycles. The highest BCUT2D eigenvalue weighted by molar-refractivity contribution is 6.32. The first kappa shape index (κ1) is 21.6. The lowest BCUT2D eigenvalue weighted by molar-refractivity contribution is -0.119. The summed E-state index contributed by atoms with van der Waals surface area (Å²) in [6.07, 6.45) is 6.85. The van der Waals surface area contributed by atoms with Gasteiger partial charge in [-0.3, -0.25) is 9.59 Å². The second kappa shape index (κ2) is 9.61. The highest BCUT2D eigenvalue weighted by Crippen LogP contribution is 2.34. The molecule has 0 heterocycles. The van der Waals surface area contributed by atoms with Crippen LogP contribution in [0, 0.1) is 5.82 Å². The Morgan fingerprint density at radius 3 is 2.31 bits per heavy atom. The maximum atomic E-state index is 14.4. The van der Waals surface area contributed by atoms with Gasteiger partial charge >= 0.3 is 0 Å². The van der Waals surface area contributed by atoms with Gasteiger partial charge in [0.1, 0.15) is 11.6 Å². The molecular weight excluding hydrogens is 395 g/mol. The molecule has 2 aliphatic rings. The molecule has 0 radical (unpaired) electrons. The van der Waals surface area contributed by atoms with Crippen LogP contribution in [0.1, 0.15) is 65.2 Å². The van der Waals surface area contributed by atoms with Crippen molar-refractivity contribution in [3.63, 3.8) is 0 Å². The normalized spacial score (nSPS) is 17.6. The Kier molecular flexibility index (Phi) is 7.17. The summed E-state index contributed by atoms with van der Waals surface area (Å²) in [4.78, 5) is 25.3. The van der Waals surface area contributed by atoms with Crippen LogP contribution >= 0.6 is 11.6 Å². The number of rotatable bonds is 6. The van der Waals surface area contributed by atoms with E-state index in [1.54, 1.807) is 0 Å². The number of carbonyl (C=O) groups is 2. The van der Waals surface area contributed by atoms with Crippen LogP contribution in [0.2, 0.25) is 5.02 Å². The van der Waals surface area contributed by atoms with Gasteiger partial charge in [0.25, 0.3) is 5.91 Å². The van der Waals surface area contributed by atoms with Crippen LogP contribution < -0.4 is 15.4 Å². The van der Waals surface area contributed by atoms with Gasteiger partial charge in [0.15, 0.2) is 0 Å². The van der Waals surface area contributed by atoms with Crippen LogP contribution in [0.15, 0.2) is 23.3 Å². The third-order valence-corrected chi connectivity index (χ3v) is 5.60. The summed E-state index contributed by atoms with van der Waals surface area (Å²) in [7, 11) is 0. The van der Waals surface area contributed by atoms with Gasteiger partial charge in [-0.25, -0.2) is 4.39 Å². The smallest absolute Gasteiger partial charge is 0.252 e. The van der Waals surface area contributed by atoms with Gasteiger partial charge in [-0.2, -0.15) is 0 Å². The van der Waals surface area contributed by atoms with Crippen molar-refractivity contribution in [1.29, 1.82) is 0 Å². The summed E-state index contributed by atoms with van der Waals surface area (Å²) in [6, 6.07) is 2.57. The van der Waals surface area contributed by atoms with Crippen molar-refractivity contribution >= 4 is 29.1 Å². The first-order chi connectivity index (χ1) is 13.8. The molecule has 0 atom stereocenters. The third-order valence-electron chi connectivity index (χ3n) is 5.30. The Balaban J connectivity index is 1.81. The average molecular weight is 423 g/mol. The Bertz CT molecular complexity index is 817. The minimum atomic E-state index is -0.633. The van der Waals surface area contributed by atoms with E-state index in [4.69, 9.17) is 16.3 Å². The topological polar surface area (TPSA) is 67.4 Å². The summed E-state index contributed by atoms with van der Waals surface area (Å²) in [6.45, 7) is 3.74. The fourth-order valence-electron chi connectivity index (χ4n) is 3.85. The number of carbonyl (C=O) groups excluding carboxylic acids is 2. The number of ether oxygens (including phenoxy) is 1. The van der Waals surface area contributed by atoms with Crippen LogP contribution in [0.4, 0.5) is 10.1 Å². The Labute approximate surface area is 176 Å². The summed E-state index contributed by atoms with van der Waals surface area (Å²) >= 11 is 6.14. The van der Waals surface area contributed by atoms with E-state index in [0.717, 1.165) is 44.6 Å². The van der Waals surface area contributed by atoms with E-state index in [0.29, 0.717) is 29.7 Å². The summed E-state index contributed by atoms with van der Waals surface area (Å²) in [5.41, 5.74) is 0.912. The molecule has 158 valence electrons. The Morgan fingerprint density at radius 2 is 1.69 bits per heavy atom. The first-order valence-corrected chi connectivity index (χ1v) is 10.7. The molecule has 1 aromatic carbocycles. The van der Waals surface area contributed by atoms with Crippen LogP contribution in [0.5, 0.6) is 5.75 Å². The molecule has 2 aliphatic carbocycles. The number of hydrogen-bond acceptors (Lipinski definition) is 3. The third kappa shape index (κ3) is 5.50. The van der Waals surface area contributed by atoms with Gasteiger partial charge in [0.2, 0.25) is 5.91 Å². The zero-order valence-electron chi connectivity index (χ0n) is 16.9. The summed E-state index contributed by atoms with van der Waals surface area (Å²) in [5.74, 6) is -0.948. The highest BCUT2D eigenvalue weighted by atomic mass is 35.5. The van der Waals surface area contributed by atoms with Gasteiger partial charge < -0.3 is 15.4 Å². The fraction of sp³-hybridized carbons (Fsp3) is 0.545. The molecule has 0 unspecified atom stereocenters. The molecule has 0 saturated heterocycles. The number of hydrogen-bond donors (Lipinski definition) is 2. The molecule has 3 rings (SSSR count). The molecule has 0 aromatic heterocycles. The zero-order chi connectivity index (χ0) is 21.0. The number of anilines is 1. The van der Waals surface area contributed by atoms with Crippen molar-refractivity contribution < 1.29 is 18.7 Å². The fourth-order valence-corrected chi connectivity index (χ4v) is 4.05. The van der Waals surface area contributed by atoms with Crippen LogP contribution in [0.3, 0.4) is 0 Å². The minimum Gasteiger partial charge on any atom is -0.489 e. The van der Waals surface area contributed by atoms with Crippen LogP contribution in [0.25, 0.3) is 0 Å².